The van der Waals surface area contributed by atoms with E-state index in [4.69, 9.17) is 12.2 Å². The molecule has 1 aromatic heterocycles. The quantitative estimate of drug-likeness (QED) is 0.574. The van der Waals surface area contributed by atoms with Gasteiger partial charge in [0.05, 0.1) is 15.2 Å². The van der Waals surface area contributed by atoms with Gasteiger partial charge in [-0.2, -0.15) is 5.01 Å². The highest BCUT2D eigenvalue weighted by atomic mass is 32.2. The number of hydrogen-bond acceptors (Lipinski definition) is 8. The third-order valence-electron chi connectivity index (χ3n) is 5.21. The van der Waals surface area contributed by atoms with E-state index in [2.05, 4.69) is 36.3 Å². The van der Waals surface area contributed by atoms with Crippen LogP contribution in [0.5, 0.6) is 0 Å². The number of carbonyl (C=O) groups is 2. The first-order chi connectivity index (χ1) is 16.3. The number of nitrogens with zero attached hydrogens (tertiary/aromatic N) is 3. The van der Waals surface area contributed by atoms with Crippen molar-refractivity contribution < 1.29 is 9.59 Å². The molecule has 1 fully saturated rings. The number of hydrogen-bond donors (Lipinski definition) is 1. The minimum atomic E-state index is -0.416. The number of carbonyl (C=O) groups excluding carboxylic acids is 2. The van der Waals surface area contributed by atoms with E-state index < -0.39 is 5.91 Å². The lowest BCUT2D eigenvalue weighted by Crippen LogP contribution is -2.44. The number of aromatic nitrogens is 1. The van der Waals surface area contributed by atoms with E-state index in [0.29, 0.717) is 20.6 Å². The van der Waals surface area contributed by atoms with E-state index in [-0.39, 0.29) is 15.8 Å². The van der Waals surface area contributed by atoms with Gasteiger partial charge < -0.3 is 4.90 Å². The summed E-state index contributed by atoms with van der Waals surface area (Å²) in [6, 6.07) is 8.23. The Morgan fingerprint density at radius 3 is 2.62 bits per heavy atom. The van der Waals surface area contributed by atoms with Crippen molar-refractivity contribution in [1.82, 2.24) is 15.0 Å². The van der Waals surface area contributed by atoms with Crippen molar-refractivity contribution in [2.24, 2.45) is 0 Å². The molecule has 0 spiro atoms. The summed E-state index contributed by atoms with van der Waals surface area (Å²) in [5.41, 5.74) is 3.50. The number of thiazole rings is 1. The summed E-state index contributed by atoms with van der Waals surface area (Å²) in [5.74, 6) is -0.802. The van der Waals surface area contributed by atoms with Crippen molar-refractivity contribution in [3.8, 4) is 0 Å². The predicted octanol–water partition coefficient (Wildman–Crippen LogP) is 2.98. The van der Waals surface area contributed by atoms with E-state index in [1.807, 2.05) is 24.3 Å². The van der Waals surface area contributed by atoms with Gasteiger partial charge in [-0.1, -0.05) is 37.2 Å². The molecule has 4 rings (SSSR count). The van der Waals surface area contributed by atoms with Crippen molar-refractivity contribution >= 4 is 79.9 Å². The van der Waals surface area contributed by atoms with Gasteiger partial charge in [0, 0.05) is 24.9 Å². The molecule has 2 aliphatic rings. The largest absolute Gasteiger partial charge is 0.335 e. The molecule has 2 aromatic rings. The summed E-state index contributed by atoms with van der Waals surface area (Å²) in [6.45, 7) is 6.80. The lowest BCUT2D eigenvalue weighted by Gasteiger charge is -2.17. The fourth-order valence-electron chi connectivity index (χ4n) is 3.62. The molecule has 3 heterocycles. The van der Waals surface area contributed by atoms with Crippen LogP contribution in [0.1, 0.15) is 33.6 Å². The third kappa shape index (κ3) is 4.74. The van der Waals surface area contributed by atoms with Crippen LogP contribution in [0.15, 0.2) is 45.1 Å². The number of amides is 2. The molecular formula is C23H24N4O3S4. The molecule has 1 N–H and O–H groups in total. The molecule has 0 saturated carbocycles. The standard InChI is InChI=1S/C23H24N4O3S4/c1-4-6-13-26-20(29)17(11-12-18-25(5-2)15-9-7-8-10-16(15)32-18)33-22(26)19-21(30)27(23(31)34-19)24-14(3)28/h7-12H,4-6,13H2,1-3H3,(H,24,28)/b17-11?,18-12+,22-19?. The molecule has 0 bridgehead atoms. The van der Waals surface area contributed by atoms with Gasteiger partial charge in [0.25, 0.3) is 11.5 Å². The maximum absolute atomic E-state index is 13.3. The summed E-state index contributed by atoms with van der Waals surface area (Å²) in [4.78, 5) is 41.6. The van der Waals surface area contributed by atoms with Crippen LogP contribution in [0.2, 0.25) is 0 Å². The van der Waals surface area contributed by atoms with Crippen LogP contribution in [-0.4, -0.2) is 32.3 Å². The molecule has 0 radical (unpaired) electrons. The number of fused-ring (bicyclic) bond motifs is 1. The van der Waals surface area contributed by atoms with Crippen molar-refractivity contribution in [2.75, 3.05) is 11.4 Å². The molecule has 2 amide bonds. The smallest absolute Gasteiger partial charge is 0.288 e. The molecule has 34 heavy (non-hydrogen) atoms. The Morgan fingerprint density at radius 2 is 1.91 bits per heavy atom. The summed E-state index contributed by atoms with van der Waals surface area (Å²) in [7, 11) is 0. The average molecular weight is 533 g/mol. The average Bonchev–Trinajstić information content (AvgIpc) is 3.42. The van der Waals surface area contributed by atoms with Crippen LogP contribution in [0.3, 0.4) is 0 Å². The fourth-order valence-corrected chi connectivity index (χ4v) is 7.16. The highest BCUT2D eigenvalue weighted by Gasteiger charge is 2.35. The number of benzene rings is 1. The topological polar surface area (TPSA) is 74.7 Å². The van der Waals surface area contributed by atoms with Crippen LogP contribution in [0, 0.1) is 0 Å². The van der Waals surface area contributed by atoms with Gasteiger partial charge in [0.1, 0.15) is 9.57 Å². The van der Waals surface area contributed by atoms with Gasteiger partial charge >= 0.3 is 0 Å². The van der Waals surface area contributed by atoms with Gasteiger partial charge in [0.15, 0.2) is 4.32 Å². The summed E-state index contributed by atoms with van der Waals surface area (Å²) >= 11 is 9.35. The molecule has 178 valence electrons. The van der Waals surface area contributed by atoms with E-state index in [0.717, 1.165) is 46.9 Å². The minimum Gasteiger partial charge on any atom is -0.335 e. The van der Waals surface area contributed by atoms with Crippen molar-refractivity contribution in [3.05, 3.63) is 54.9 Å². The summed E-state index contributed by atoms with van der Waals surface area (Å²) in [5, 5.41) is 2.12. The maximum atomic E-state index is 13.3. The first-order valence-electron chi connectivity index (χ1n) is 10.9. The van der Waals surface area contributed by atoms with E-state index in [1.54, 1.807) is 16.3 Å². The molecule has 0 unspecified atom stereocenters. The lowest BCUT2D eigenvalue weighted by molar-refractivity contribution is -0.131. The number of para-hydroxylation sites is 1. The Morgan fingerprint density at radius 1 is 1.15 bits per heavy atom. The van der Waals surface area contributed by atoms with E-state index in [9.17, 15) is 14.4 Å². The second-order valence-electron chi connectivity index (χ2n) is 7.57. The number of thioether (sulfide) groups is 2. The lowest BCUT2D eigenvalue weighted by atomic mass is 10.3. The first-order valence-corrected chi connectivity index (χ1v) is 13.7. The number of allylic oxidation sites excluding steroid dienone is 1. The molecule has 1 saturated heterocycles. The highest BCUT2D eigenvalue weighted by Crippen LogP contribution is 2.45. The monoisotopic (exact) mass is 532 g/mol. The second-order valence-corrected chi connectivity index (χ2v) is 11.3. The molecule has 0 atom stereocenters. The highest BCUT2D eigenvalue weighted by molar-refractivity contribution is 8.30. The number of unbranched alkanes of at least 4 members (excludes halogenated alkanes) is 1. The van der Waals surface area contributed by atoms with Crippen molar-refractivity contribution in [3.63, 3.8) is 0 Å². The SMILES string of the molecule is CCCCn1c(=C2SC(=S)N(NC(C)=O)C2=O)sc(=C/C=C2/Sc3ccccc3N2CC)c1=O. The molecular weight excluding hydrogens is 509 g/mol. The van der Waals surface area contributed by atoms with Crippen LogP contribution in [0.4, 0.5) is 5.69 Å². The van der Waals surface area contributed by atoms with Crippen LogP contribution in [-0.2, 0) is 16.1 Å². The Kier molecular flexibility index (Phi) is 7.66. The zero-order chi connectivity index (χ0) is 24.4. The second kappa shape index (κ2) is 10.5. The summed E-state index contributed by atoms with van der Waals surface area (Å²) < 4.78 is 3.02. The molecule has 7 nitrogen and oxygen atoms in total. The number of thiocarbonyl (C=S) groups is 1. The van der Waals surface area contributed by atoms with Gasteiger partial charge in [-0.25, -0.2) is 0 Å². The van der Waals surface area contributed by atoms with Crippen molar-refractivity contribution in [1.29, 1.82) is 0 Å². The van der Waals surface area contributed by atoms with Crippen LogP contribution in [0.25, 0.3) is 11.0 Å². The number of nitrogens with one attached hydrogen (secondary N) is 1. The van der Waals surface area contributed by atoms with Crippen LogP contribution < -0.4 is 25.1 Å². The number of rotatable bonds is 6. The molecule has 2 aliphatic heterocycles. The zero-order valence-corrected chi connectivity index (χ0v) is 22.3. The van der Waals surface area contributed by atoms with Gasteiger partial charge in [-0.3, -0.25) is 24.4 Å². The Hall–Kier alpha value is -2.34. The zero-order valence-electron chi connectivity index (χ0n) is 19.0. The van der Waals surface area contributed by atoms with Gasteiger partial charge in [-0.05, 0) is 61.6 Å². The molecule has 1 aromatic carbocycles. The Bertz CT molecular complexity index is 1380. The minimum absolute atomic E-state index is 0.126. The van der Waals surface area contributed by atoms with Crippen LogP contribution >= 0.6 is 47.1 Å². The number of anilines is 1. The fraction of sp³-hybridized carbons (Fsp3) is 0.304. The molecule has 0 aliphatic carbocycles. The molecule has 11 heteroatoms. The van der Waals surface area contributed by atoms with E-state index >= 15 is 0 Å². The van der Waals surface area contributed by atoms with Gasteiger partial charge in [0.2, 0.25) is 5.91 Å². The normalized spacial score (nSPS) is 18.9. The Balaban J connectivity index is 1.80. The van der Waals surface area contributed by atoms with Gasteiger partial charge in [-0.15, -0.1) is 11.3 Å². The maximum Gasteiger partial charge on any atom is 0.288 e. The number of hydrazine groups is 1. The summed E-state index contributed by atoms with van der Waals surface area (Å²) in [6.07, 6.45) is 5.53. The third-order valence-corrected chi connectivity index (χ3v) is 8.98. The van der Waals surface area contributed by atoms with Crippen molar-refractivity contribution in [2.45, 2.75) is 45.1 Å². The first kappa shape index (κ1) is 24.8. The predicted molar refractivity (Wildman–Crippen MR) is 145 cm³/mol. The Labute approximate surface area is 215 Å². The van der Waals surface area contributed by atoms with E-state index in [1.165, 1.54) is 23.2 Å².